The first-order valence-electron chi connectivity index (χ1n) is 6.13. The summed E-state index contributed by atoms with van der Waals surface area (Å²) in [5.74, 6) is -0.139. The highest BCUT2D eigenvalue weighted by molar-refractivity contribution is 9.10. The average molecular weight is 388 g/mol. The summed E-state index contributed by atoms with van der Waals surface area (Å²) in [6.07, 6.45) is 0. The van der Waals surface area contributed by atoms with E-state index in [0.717, 1.165) is 5.56 Å². The summed E-state index contributed by atoms with van der Waals surface area (Å²) >= 11 is 15.3. The Balaban J connectivity index is 2.21. The van der Waals surface area contributed by atoms with Crippen LogP contribution in [0.3, 0.4) is 0 Å². The van der Waals surface area contributed by atoms with Crippen molar-refractivity contribution in [1.82, 2.24) is 4.90 Å². The van der Waals surface area contributed by atoms with Crippen molar-refractivity contribution in [2.24, 2.45) is 0 Å². The van der Waals surface area contributed by atoms with Crippen molar-refractivity contribution in [2.75, 3.05) is 12.8 Å². The Morgan fingerprint density at radius 2 is 2.00 bits per heavy atom. The number of nitrogens with zero attached hydrogens (tertiary/aromatic N) is 1. The number of hydrogen-bond acceptors (Lipinski definition) is 2. The molecule has 110 valence electrons. The van der Waals surface area contributed by atoms with Gasteiger partial charge in [0.05, 0.1) is 10.0 Å². The molecule has 0 aromatic heterocycles. The third-order valence-electron chi connectivity index (χ3n) is 3.03. The Morgan fingerprint density at radius 1 is 1.29 bits per heavy atom. The van der Waals surface area contributed by atoms with Gasteiger partial charge in [0.2, 0.25) is 0 Å². The molecule has 0 heterocycles. The zero-order valence-corrected chi connectivity index (χ0v) is 14.3. The van der Waals surface area contributed by atoms with E-state index in [4.69, 9.17) is 28.9 Å². The molecule has 2 N–H and O–H groups in total. The van der Waals surface area contributed by atoms with E-state index in [2.05, 4.69) is 15.9 Å². The fourth-order valence-corrected chi connectivity index (χ4v) is 2.80. The Hall–Kier alpha value is -1.23. The second kappa shape index (κ2) is 6.69. The Kier molecular flexibility index (Phi) is 5.14. The van der Waals surface area contributed by atoms with E-state index in [1.54, 1.807) is 42.3 Å². The molecule has 0 saturated carbocycles. The summed E-state index contributed by atoms with van der Waals surface area (Å²) in [5, 5.41) is 1.10. The summed E-state index contributed by atoms with van der Waals surface area (Å²) in [7, 11) is 1.71. The monoisotopic (exact) mass is 386 g/mol. The van der Waals surface area contributed by atoms with Crippen LogP contribution in [-0.2, 0) is 6.54 Å². The van der Waals surface area contributed by atoms with Gasteiger partial charge in [-0.2, -0.15) is 0 Å². The van der Waals surface area contributed by atoms with Crippen molar-refractivity contribution >= 4 is 50.7 Å². The third-order valence-corrected chi connectivity index (χ3v) is 4.50. The van der Waals surface area contributed by atoms with Crippen LogP contribution in [0.4, 0.5) is 5.69 Å². The summed E-state index contributed by atoms with van der Waals surface area (Å²) in [5.41, 5.74) is 7.67. The maximum Gasteiger partial charge on any atom is 0.255 e. The molecule has 0 bridgehead atoms. The van der Waals surface area contributed by atoms with Crippen molar-refractivity contribution in [3.05, 3.63) is 62.0 Å². The van der Waals surface area contributed by atoms with E-state index >= 15 is 0 Å². The average Bonchev–Trinajstić information content (AvgIpc) is 2.44. The summed E-state index contributed by atoms with van der Waals surface area (Å²) in [4.78, 5) is 14.0. The lowest BCUT2D eigenvalue weighted by Crippen LogP contribution is -2.26. The molecule has 1 amide bonds. The van der Waals surface area contributed by atoms with Crippen LogP contribution in [0.15, 0.2) is 40.9 Å². The zero-order chi connectivity index (χ0) is 15.6. The Morgan fingerprint density at radius 3 is 2.67 bits per heavy atom. The molecule has 21 heavy (non-hydrogen) atoms. The van der Waals surface area contributed by atoms with E-state index in [0.29, 0.717) is 32.3 Å². The first kappa shape index (κ1) is 16.1. The molecule has 2 aromatic rings. The number of nitrogens with two attached hydrogens (primary N) is 1. The molecule has 0 aliphatic rings. The number of hydrogen-bond donors (Lipinski definition) is 1. The van der Waals surface area contributed by atoms with Gasteiger partial charge in [-0.15, -0.1) is 0 Å². The van der Waals surface area contributed by atoms with Crippen LogP contribution in [0.1, 0.15) is 15.9 Å². The third kappa shape index (κ3) is 3.70. The molecular weight excluding hydrogens is 375 g/mol. The van der Waals surface area contributed by atoms with Crippen molar-refractivity contribution in [1.29, 1.82) is 0 Å². The smallest absolute Gasteiger partial charge is 0.255 e. The molecule has 2 rings (SSSR count). The van der Waals surface area contributed by atoms with Crippen LogP contribution in [-0.4, -0.2) is 17.9 Å². The number of carbonyl (C=O) groups excluding carboxylic acids is 1. The Bertz CT molecular complexity index is 691. The molecule has 6 heteroatoms. The summed E-state index contributed by atoms with van der Waals surface area (Å²) in [6.45, 7) is 0.385. The normalized spacial score (nSPS) is 10.5. The molecule has 0 fully saturated rings. The van der Waals surface area contributed by atoms with Crippen molar-refractivity contribution in [3.63, 3.8) is 0 Å². The van der Waals surface area contributed by atoms with E-state index in [1.807, 2.05) is 6.07 Å². The molecular formula is C15H13BrCl2N2O. The van der Waals surface area contributed by atoms with Gasteiger partial charge >= 0.3 is 0 Å². The largest absolute Gasteiger partial charge is 0.398 e. The number of anilines is 1. The molecule has 3 nitrogen and oxygen atoms in total. The molecule has 0 radical (unpaired) electrons. The predicted molar refractivity (Wildman–Crippen MR) is 90.8 cm³/mol. The highest BCUT2D eigenvalue weighted by Gasteiger charge is 2.17. The van der Waals surface area contributed by atoms with Crippen LogP contribution >= 0.6 is 39.1 Å². The minimum Gasteiger partial charge on any atom is -0.398 e. The number of rotatable bonds is 3. The fourth-order valence-electron chi connectivity index (χ4n) is 1.90. The second-order valence-electron chi connectivity index (χ2n) is 4.61. The standard InChI is InChI=1S/C15H13BrCl2N2O/c1-20(8-9-5-6-10(17)7-12(9)18)15(21)11-3-2-4-13(19)14(11)16/h2-7H,8,19H2,1H3. The number of nitrogen functional groups attached to an aromatic ring is 1. The van der Waals surface area contributed by atoms with Crippen LogP contribution < -0.4 is 5.73 Å². The highest BCUT2D eigenvalue weighted by Crippen LogP contribution is 2.26. The van der Waals surface area contributed by atoms with Gasteiger partial charge in [-0.3, -0.25) is 4.79 Å². The molecule has 0 atom stereocenters. The maximum absolute atomic E-state index is 12.5. The zero-order valence-electron chi connectivity index (χ0n) is 11.2. The summed E-state index contributed by atoms with van der Waals surface area (Å²) in [6, 6.07) is 10.4. The topological polar surface area (TPSA) is 46.3 Å². The lowest BCUT2D eigenvalue weighted by Gasteiger charge is -2.19. The van der Waals surface area contributed by atoms with E-state index < -0.39 is 0 Å². The number of halogens is 3. The molecule has 0 aliphatic carbocycles. The van der Waals surface area contributed by atoms with Gasteiger partial charge in [0.25, 0.3) is 5.91 Å². The molecule has 0 saturated heterocycles. The van der Waals surface area contributed by atoms with E-state index in [-0.39, 0.29) is 5.91 Å². The molecule has 0 aliphatic heterocycles. The maximum atomic E-state index is 12.5. The van der Waals surface area contributed by atoms with Gasteiger partial charge in [0.1, 0.15) is 0 Å². The van der Waals surface area contributed by atoms with Crippen LogP contribution in [0, 0.1) is 0 Å². The van der Waals surface area contributed by atoms with Crippen LogP contribution in [0.2, 0.25) is 10.0 Å². The van der Waals surface area contributed by atoms with Crippen molar-refractivity contribution in [3.8, 4) is 0 Å². The second-order valence-corrected chi connectivity index (χ2v) is 6.24. The molecule has 0 unspecified atom stereocenters. The van der Waals surface area contributed by atoms with Gasteiger partial charge < -0.3 is 10.6 Å². The highest BCUT2D eigenvalue weighted by atomic mass is 79.9. The Labute approximate surface area is 141 Å². The van der Waals surface area contributed by atoms with Gasteiger partial charge in [-0.05, 0) is 45.8 Å². The quantitative estimate of drug-likeness (QED) is 0.781. The lowest BCUT2D eigenvalue weighted by molar-refractivity contribution is 0.0784. The van der Waals surface area contributed by atoms with Gasteiger partial charge in [0.15, 0.2) is 0 Å². The van der Waals surface area contributed by atoms with Crippen LogP contribution in [0.25, 0.3) is 0 Å². The first-order valence-corrected chi connectivity index (χ1v) is 7.68. The van der Waals surface area contributed by atoms with Gasteiger partial charge in [0, 0.05) is 29.3 Å². The van der Waals surface area contributed by atoms with Crippen molar-refractivity contribution < 1.29 is 4.79 Å². The van der Waals surface area contributed by atoms with Gasteiger partial charge in [-0.1, -0.05) is 35.3 Å². The van der Waals surface area contributed by atoms with E-state index in [9.17, 15) is 4.79 Å². The fraction of sp³-hybridized carbons (Fsp3) is 0.133. The lowest BCUT2D eigenvalue weighted by atomic mass is 10.1. The molecule has 0 spiro atoms. The molecule has 2 aromatic carbocycles. The number of carbonyl (C=O) groups is 1. The minimum atomic E-state index is -0.139. The SMILES string of the molecule is CN(Cc1ccc(Cl)cc1Cl)C(=O)c1cccc(N)c1Br. The number of benzene rings is 2. The first-order chi connectivity index (χ1) is 9.90. The van der Waals surface area contributed by atoms with E-state index in [1.165, 1.54) is 0 Å². The summed E-state index contributed by atoms with van der Waals surface area (Å²) < 4.78 is 0.601. The van der Waals surface area contributed by atoms with Crippen molar-refractivity contribution in [2.45, 2.75) is 6.54 Å². The predicted octanol–water partition coefficient (Wildman–Crippen LogP) is 4.61. The minimum absolute atomic E-state index is 0.139. The number of amides is 1. The van der Waals surface area contributed by atoms with Gasteiger partial charge in [-0.25, -0.2) is 0 Å². The van der Waals surface area contributed by atoms with Crippen LogP contribution in [0.5, 0.6) is 0 Å².